The monoisotopic (exact) mass is 383 g/mol. The van der Waals surface area contributed by atoms with Crippen molar-refractivity contribution >= 4 is 28.1 Å². The molecule has 0 saturated carbocycles. The summed E-state index contributed by atoms with van der Waals surface area (Å²) in [5.41, 5.74) is 2.40. The first-order valence-corrected chi connectivity index (χ1v) is 9.45. The summed E-state index contributed by atoms with van der Waals surface area (Å²) >= 11 is 6.32. The normalized spacial score (nSPS) is 12.8. The van der Waals surface area contributed by atoms with Crippen LogP contribution in [-0.4, -0.2) is 18.8 Å². The minimum Gasteiger partial charge on any atom is -0.495 e. The van der Waals surface area contributed by atoms with Gasteiger partial charge in [-0.15, -0.1) is 0 Å². The molecular formula is C23H26ClNO2. The van der Waals surface area contributed by atoms with Crippen LogP contribution in [0.4, 0.5) is 5.69 Å². The second-order valence-corrected chi connectivity index (χ2v) is 8.39. The molecule has 3 aromatic rings. The first kappa shape index (κ1) is 19.5. The van der Waals surface area contributed by atoms with Crippen molar-refractivity contribution in [1.82, 2.24) is 0 Å². The summed E-state index contributed by atoms with van der Waals surface area (Å²) in [7, 11) is 1.61. The van der Waals surface area contributed by atoms with E-state index < -0.39 is 6.10 Å². The third-order valence-electron chi connectivity index (χ3n) is 4.53. The van der Waals surface area contributed by atoms with Gasteiger partial charge >= 0.3 is 0 Å². The first-order chi connectivity index (χ1) is 12.8. The lowest BCUT2D eigenvalue weighted by Crippen LogP contribution is -2.20. The van der Waals surface area contributed by atoms with Gasteiger partial charge < -0.3 is 15.2 Å². The number of halogens is 1. The minimum absolute atomic E-state index is 0.0757. The highest BCUT2D eigenvalue weighted by atomic mass is 35.5. The molecule has 0 aliphatic heterocycles. The van der Waals surface area contributed by atoms with Crippen molar-refractivity contribution in [3.63, 3.8) is 0 Å². The lowest BCUT2D eigenvalue weighted by Gasteiger charge is -2.25. The SMILES string of the molecule is COc1cc(Cl)cc([C@@H](O)c2cccc3ccccc23)c1NCC(C)(C)C. The predicted molar refractivity (Wildman–Crippen MR) is 114 cm³/mol. The molecular weight excluding hydrogens is 358 g/mol. The molecule has 0 bridgehead atoms. The van der Waals surface area contributed by atoms with Crippen molar-refractivity contribution in [3.8, 4) is 5.75 Å². The molecule has 0 aromatic heterocycles. The molecule has 0 spiro atoms. The number of methoxy groups -OCH3 is 1. The molecule has 0 aliphatic carbocycles. The van der Waals surface area contributed by atoms with Gasteiger partial charge in [0.25, 0.3) is 0 Å². The van der Waals surface area contributed by atoms with Crippen LogP contribution in [0.15, 0.2) is 54.6 Å². The summed E-state index contributed by atoms with van der Waals surface area (Å²) in [4.78, 5) is 0. The molecule has 0 saturated heterocycles. The minimum atomic E-state index is -0.828. The number of hydrogen-bond acceptors (Lipinski definition) is 3. The highest BCUT2D eigenvalue weighted by Crippen LogP contribution is 2.40. The molecule has 1 atom stereocenters. The fourth-order valence-corrected chi connectivity index (χ4v) is 3.39. The van der Waals surface area contributed by atoms with Crippen LogP contribution in [0.3, 0.4) is 0 Å². The zero-order chi connectivity index (χ0) is 19.6. The van der Waals surface area contributed by atoms with Crippen molar-refractivity contribution in [3.05, 3.63) is 70.7 Å². The maximum absolute atomic E-state index is 11.3. The fraction of sp³-hybridized carbons (Fsp3) is 0.304. The van der Waals surface area contributed by atoms with Crippen LogP contribution in [0.25, 0.3) is 10.8 Å². The number of anilines is 1. The van der Waals surface area contributed by atoms with Crippen LogP contribution < -0.4 is 10.1 Å². The summed E-state index contributed by atoms with van der Waals surface area (Å²) in [6, 6.07) is 17.6. The summed E-state index contributed by atoms with van der Waals surface area (Å²) in [5, 5.41) is 17.4. The Hall–Kier alpha value is -2.23. The highest BCUT2D eigenvalue weighted by Gasteiger charge is 2.22. The molecule has 27 heavy (non-hydrogen) atoms. The van der Waals surface area contributed by atoms with E-state index >= 15 is 0 Å². The number of nitrogens with one attached hydrogen (secondary N) is 1. The average Bonchev–Trinajstić information content (AvgIpc) is 2.64. The van der Waals surface area contributed by atoms with Crippen LogP contribution >= 0.6 is 11.6 Å². The van der Waals surface area contributed by atoms with Gasteiger partial charge in [-0.3, -0.25) is 0 Å². The topological polar surface area (TPSA) is 41.5 Å². The molecule has 0 fully saturated rings. The van der Waals surface area contributed by atoms with E-state index in [0.717, 1.165) is 28.6 Å². The number of aliphatic hydroxyl groups excluding tert-OH is 1. The van der Waals surface area contributed by atoms with E-state index in [0.29, 0.717) is 16.3 Å². The Labute approximate surface area is 165 Å². The molecule has 0 heterocycles. The number of benzene rings is 3. The Kier molecular flexibility index (Phi) is 5.64. The number of fused-ring (bicyclic) bond motifs is 1. The smallest absolute Gasteiger partial charge is 0.143 e. The van der Waals surface area contributed by atoms with Crippen molar-refractivity contribution < 1.29 is 9.84 Å². The zero-order valence-electron chi connectivity index (χ0n) is 16.2. The van der Waals surface area contributed by atoms with Crippen molar-refractivity contribution in [2.75, 3.05) is 19.0 Å². The number of hydrogen-bond donors (Lipinski definition) is 2. The fourth-order valence-electron chi connectivity index (χ4n) is 3.18. The average molecular weight is 384 g/mol. The van der Waals surface area contributed by atoms with Crippen molar-refractivity contribution in [2.24, 2.45) is 5.41 Å². The molecule has 4 heteroatoms. The Balaban J connectivity index is 2.12. The van der Waals surface area contributed by atoms with Gasteiger partial charge in [-0.05, 0) is 27.8 Å². The zero-order valence-corrected chi connectivity index (χ0v) is 17.0. The van der Waals surface area contributed by atoms with Gasteiger partial charge in [0.05, 0.1) is 12.8 Å². The summed E-state index contributed by atoms with van der Waals surface area (Å²) in [6.45, 7) is 7.20. The first-order valence-electron chi connectivity index (χ1n) is 9.07. The number of ether oxygens (including phenoxy) is 1. The van der Waals surface area contributed by atoms with E-state index in [1.165, 1.54) is 0 Å². The Bertz CT molecular complexity index is 942. The van der Waals surface area contributed by atoms with Crippen LogP contribution in [0.2, 0.25) is 5.02 Å². The Morgan fingerprint density at radius 3 is 2.44 bits per heavy atom. The highest BCUT2D eigenvalue weighted by molar-refractivity contribution is 6.31. The Morgan fingerprint density at radius 2 is 1.74 bits per heavy atom. The van der Waals surface area contributed by atoms with Gasteiger partial charge in [0.2, 0.25) is 0 Å². The summed E-state index contributed by atoms with van der Waals surface area (Å²) in [5.74, 6) is 0.626. The third kappa shape index (κ3) is 4.37. The van der Waals surface area contributed by atoms with E-state index in [9.17, 15) is 5.11 Å². The van der Waals surface area contributed by atoms with Gasteiger partial charge in [-0.25, -0.2) is 0 Å². The standard InChI is InChI=1S/C23H26ClNO2/c1-23(2,3)14-25-21-19(12-16(24)13-20(21)27-4)22(26)18-11-7-9-15-8-5-6-10-17(15)18/h5-13,22,25-26H,14H2,1-4H3/t22-/m0/s1. The van der Waals surface area contributed by atoms with Crippen LogP contribution in [0.5, 0.6) is 5.75 Å². The summed E-state index contributed by atoms with van der Waals surface area (Å²) < 4.78 is 5.55. The maximum atomic E-state index is 11.3. The van der Waals surface area contributed by atoms with Crippen LogP contribution in [0.1, 0.15) is 38.0 Å². The van der Waals surface area contributed by atoms with Gasteiger partial charge in [0.15, 0.2) is 0 Å². The number of rotatable bonds is 5. The third-order valence-corrected chi connectivity index (χ3v) is 4.74. The molecule has 0 aliphatic rings. The lowest BCUT2D eigenvalue weighted by molar-refractivity contribution is 0.222. The van der Waals surface area contributed by atoms with E-state index in [4.69, 9.17) is 16.3 Å². The van der Waals surface area contributed by atoms with Gasteiger partial charge in [-0.2, -0.15) is 0 Å². The van der Waals surface area contributed by atoms with Gasteiger partial charge in [0.1, 0.15) is 11.9 Å². The second-order valence-electron chi connectivity index (χ2n) is 7.96. The van der Waals surface area contributed by atoms with E-state index in [2.05, 4.69) is 26.1 Å². The Morgan fingerprint density at radius 1 is 1.04 bits per heavy atom. The van der Waals surface area contributed by atoms with E-state index in [-0.39, 0.29) is 5.41 Å². The largest absolute Gasteiger partial charge is 0.495 e. The van der Waals surface area contributed by atoms with Crippen molar-refractivity contribution in [2.45, 2.75) is 26.9 Å². The molecule has 3 nitrogen and oxygen atoms in total. The predicted octanol–water partition coefficient (Wildman–Crippen LogP) is 6.04. The molecule has 2 N–H and O–H groups in total. The van der Waals surface area contributed by atoms with Crippen LogP contribution in [-0.2, 0) is 0 Å². The van der Waals surface area contributed by atoms with E-state index in [1.54, 1.807) is 13.2 Å². The lowest BCUT2D eigenvalue weighted by atomic mass is 9.93. The van der Waals surface area contributed by atoms with E-state index in [1.807, 2.05) is 48.5 Å². The molecule has 3 aromatic carbocycles. The molecule has 0 unspecified atom stereocenters. The van der Waals surface area contributed by atoms with Gasteiger partial charge in [-0.1, -0.05) is 74.8 Å². The van der Waals surface area contributed by atoms with Crippen LogP contribution in [0, 0.1) is 5.41 Å². The summed E-state index contributed by atoms with van der Waals surface area (Å²) in [6.07, 6.45) is -0.828. The number of aliphatic hydroxyl groups is 1. The maximum Gasteiger partial charge on any atom is 0.143 e. The molecule has 3 rings (SSSR count). The molecule has 0 amide bonds. The molecule has 0 radical (unpaired) electrons. The molecule has 142 valence electrons. The quantitative estimate of drug-likeness (QED) is 0.564. The second kappa shape index (κ2) is 7.79. The van der Waals surface area contributed by atoms with Gasteiger partial charge in [0, 0.05) is 23.2 Å². The van der Waals surface area contributed by atoms with Crippen molar-refractivity contribution in [1.29, 1.82) is 0 Å².